The summed E-state index contributed by atoms with van der Waals surface area (Å²) in [5, 5.41) is 2.71. The number of nitrogens with zero attached hydrogens (tertiary/aromatic N) is 1. The largest absolute Gasteiger partial charge is 0.336 e. The first-order chi connectivity index (χ1) is 8.11. The van der Waals surface area contributed by atoms with Gasteiger partial charge in [0, 0.05) is 18.7 Å². The molecule has 1 aromatic rings. The van der Waals surface area contributed by atoms with Gasteiger partial charge in [-0.15, -0.1) is 0 Å². The van der Waals surface area contributed by atoms with Crippen LogP contribution in [-0.4, -0.2) is 30.9 Å². The number of anilines is 1. The van der Waals surface area contributed by atoms with Gasteiger partial charge in [0.1, 0.15) is 0 Å². The Balaban J connectivity index is 2.40. The third-order valence-corrected chi connectivity index (χ3v) is 2.73. The molecule has 1 fully saturated rings. The molecule has 90 valence electrons. The Labute approximate surface area is 99.6 Å². The predicted molar refractivity (Wildman–Crippen MR) is 65.2 cm³/mol. The van der Waals surface area contributed by atoms with Crippen molar-refractivity contribution in [2.24, 2.45) is 5.73 Å². The van der Waals surface area contributed by atoms with Gasteiger partial charge in [0.15, 0.2) is 5.78 Å². The molecule has 1 saturated heterocycles. The van der Waals surface area contributed by atoms with Crippen molar-refractivity contribution < 1.29 is 9.59 Å². The van der Waals surface area contributed by atoms with Crippen molar-refractivity contribution in [3.63, 3.8) is 0 Å². The Morgan fingerprint density at radius 2 is 2.18 bits per heavy atom. The molecule has 0 spiro atoms. The van der Waals surface area contributed by atoms with Crippen molar-refractivity contribution in [2.45, 2.75) is 13.0 Å². The number of nitrogens with one attached hydrogen (secondary N) is 1. The third-order valence-electron chi connectivity index (χ3n) is 2.73. The van der Waals surface area contributed by atoms with E-state index in [1.54, 1.807) is 36.1 Å². The van der Waals surface area contributed by atoms with Crippen LogP contribution in [0.3, 0.4) is 0 Å². The minimum absolute atomic E-state index is 0.152. The highest BCUT2D eigenvalue weighted by Crippen LogP contribution is 2.22. The maximum Gasteiger partial charge on any atom is 0.322 e. The molecule has 0 aromatic heterocycles. The zero-order valence-corrected chi connectivity index (χ0v) is 9.64. The monoisotopic (exact) mass is 233 g/mol. The number of rotatable bonds is 3. The van der Waals surface area contributed by atoms with Crippen molar-refractivity contribution in [1.29, 1.82) is 0 Å². The van der Waals surface area contributed by atoms with Crippen LogP contribution < -0.4 is 16.0 Å². The van der Waals surface area contributed by atoms with E-state index in [0.717, 1.165) is 0 Å². The molecular weight excluding hydrogens is 218 g/mol. The van der Waals surface area contributed by atoms with Crippen LogP contribution in [0.25, 0.3) is 0 Å². The fraction of sp³-hybridized carbons (Fsp3) is 0.333. The third kappa shape index (κ3) is 2.14. The average molecular weight is 233 g/mol. The lowest BCUT2D eigenvalue weighted by Crippen LogP contribution is -2.32. The summed E-state index contributed by atoms with van der Waals surface area (Å²) in [6, 6.07) is 6.30. The van der Waals surface area contributed by atoms with Gasteiger partial charge >= 0.3 is 6.03 Å². The molecule has 1 aromatic carbocycles. The molecule has 1 unspecified atom stereocenters. The van der Waals surface area contributed by atoms with E-state index >= 15 is 0 Å². The fourth-order valence-corrected chi connectivity index (χ4v) is 1.86. The normalized spacial score (nSPS) is 16.8. The van der Waals surface area contributed by atoms with E-state index in [0.29, 0.717) is 24.3 Å². The van der Waals surface area contributed by atoms with Crippen LogP contribution >= 0.6 is 0 Å². The molecule has 5 heteroatoms. The Morgan fingerprint density at radius 1 is 1.47 bits per heavy atom. The van der Waals surface area contributed by atoms with Crippen LogP contribution in [0.15, 0.2) is 24.3 Å². The molecule has 1 aliphatic heterocycles. The maximum absolute atomic E-state index is 11.9. The van der Waals surface area contributed by atoms with Crippen LogP contribution in [0.1, 0.15) is 17.3 Å². The van der Waals surface area contributed by atoms with E-state index in [2.05, 4.69) is 5.32 Å². The lowest BCUT2D eigenvalue weighted by atomic mass is 10.0. The first kappa shape index (κ1) is 11.6. The number of carbonyl (C=O) groups is 2. The minimum atomic E-state index is -0.568. The molecule has 0 aliphatic carbocycles. The van der Waals surface area contributed by atoms with Crippen molar-refractivity contribution in [3.05, 3.63) is 29.8 Å². The maximum atomic E-state index is 11.9. The van der Waals surface area contributed by atoms with Gasteiger partial charge < -0.3 is 11.1 Å². The van der Waals surface area contributed by atoms with Crippen LogP contribution in [-0.2, 0) is 0 Å². The highest BCUT2D eigenvalue weighted by molar-refractivity contribution is 6.08. The molecule has 0 bridgehead atoms. The fourth-order valence-electron chi connectivity index (χ4n) is 1.86. The van der Waals surface area contributed by atoms with E-state index in [9.17, 15) is 9.59 Å². The van der Waals surface area contributed by atoms with E-state index in [1.807, 2.05) is 0 Å². The molecule has 17 heavy (non-hydrogen) atoms. The second kappa shape index (κ2) is 4.55. The summed E-state index contributed by atoms with van der Waals surface area (Å²) < 4.78 is 0. The topological polar surface area (TPSA) is 75.4 Å². The number of Topliss-reactive ketones (excluding diaryl/α,β-unsaturated/α-hetero) is 1. The molecule has 2 amide bonds. The predicted octanol–water partition coefficient (Wildman–Crippen LogP) is 0.746. The molecular formula is C12H15N3O2. The van der Waals surface area contributed by atoms with Gasteiger partial charge in [-0.1, -0.05) is 12.1 Å². The zero-order chi connectivity index (χ0) is 12.4. The highest BCUT2D eigenvalue weighted by atomic mass is 16.2. The molecule has 2 rings (SSSR count). The summed E-state index contributed by atoms with van der Waals surface area (Å²) in [6.07, 6.45) is 0. The first-order valence-electron chi connectivity index (χ1n) is 5.55. The van der Waals surface area contributed by atoms with Crippen LogP contribution in [0.2, 0.25) is 0 Å². The lowest BCUT2D eigenvalue weighted by Gasteiger charge is -2.18. The summed E-state index contributed by atoms with van der Waals surface area (Å²) in [5.74, 6) is -0.152. The van der Waals surface area contributed by atoms with Gasteiger partial charge in [-0.2, -0.15) is 0 Å². The average Bonchev–Trinajstić information content (AvgIpc) is 2.74. The SMILES string of the molecule is CC(N)C(=O)c1ccccc1N1CCNC1=O. The van der Waals surface area contributed by atoms with Crippen LogP contribution in [0.5, 0.6) is 0 Å². The van der Waals surface area contributed by atoms with Crippen molar-refractivity contribution >= 4 is 17.5 Å². The summed E-state index contributed by atoms with van der Waals surface area (Å²) in [5.41, 5.74) is 6.73. The second-order valence-electron chi connectivity index (χ2n) is 4.05. The van der Waals surface area contributed by atoms with Crippen molar-refractivity contribution in [2.75, 3.05) is 18.0 Å². The number of hydrogen-bond acceptors (Lipinski definition) is 3. The molecule has 0 radical (unpaired) electrons. The second-order valence-corrected chi connectivity index (χ2v) is 4.05. The quantitative estimate of drug-likeness (QED) is 0.756. The van der Waals surface area contributed by atoms with Gasteiger partial charge in [-0.25, -0.2) is 4.79 Å². The number of carbonyl (C=O) groups excluding carboxylic acids is 2. The number of nitrogens with two attached hydrogens (primary N) is 1. The van der Waals surface area contributed by atoms with Gasteiger partial charge in [0.05, 0.1) is 11.7 Å². The number of hydrogen-bond donors (Lipinski definition) is 2. The van der Waals surface area contributed by atoms with Gasteiger partial charge in [0.25, 0.3) is 0 Å². The van der Waals surface area contributed by atoms with Gasteiger partial charge in [-0.3, -0.25) is 9.69 Å². The number of ketones is 1. The highest BCUT2D eigenvalue weighted by Gasteiger charge is 2.25. The summed E-state index contributed by atoms with van der Waals surface area (Å²) in [4.78, 5) is 25.1. The van der Waals surface area contributed by atoms with Crippen LogP contribution in [0, 0.1) is 0 Å². The van der Waals surface area contributed by atoms with E-state index < -0.39 is 6.04 Å². The molecule has 3 N–H and O–H groups in total. The summed E-state index contributed by atoms with van der Waals surface area (Å²) in [6.45, 7) is 2.81. The number of benzene rings is 1. The van der Waals surface area contributed by atoms with Gasteiger partial charge in [-0.05, 0) is 19.1 Å². The van der Waals surface area contributed by atoms with Crippen LogP contribution in [0.4, 0.5) is 10.5 Å². The molecule has 5 nitrogen and oxygen atoms in total. The van der Waals surface area contributed by atoms with E-state index in [4.69, 9.17) is 5.73 Å². The number of para-hydroxylation sites is 1. The Hall–Kier alpha value is -1.88. The Kier molecular flexibility index (Phi) is 3.10. The number of amides is 2. The lowest BCUT2D eigenvalue weighted by molar-refractivity contribution is 0.0968. The zero-order valence-electron chi connectivity index (χ0n) is 9.64. The minimum Gasteiger partial charge on any atom is -0.336 e. The van der Waals surface area contributed by atoms with E-state index in [-0.39, 0.29) is 11.8 Å². The van der Waals surface area contributed by atoms with Crippen molar-refractivity contribution in [3.8, 4) is 0 Å². The summed E-state index contributed by atoms with van der Waals surface area (Å²) in [7, 11) is 0. The Morgan fingerprint density at radius 3 is 2.76 bits per heavy atom. The molecule has 1 aliphatic rings. The standard InChI is InChI=1S/C12H15N3O2/c1-8(13)11(16)9-4-2-3-5-10(9)15-7-6-14-12(15)17/h2-5,8H,6-7,13H2,1H3,(H,14,17). The first-order valence-corrected chi connectivity index (χ1v) is 5.55. The molecule has 1 heterocycles. The van der Waals surface area contributed by atoms with E-state index in [1.165, 1.54) is 0 Å². The van der Waals surface area contributed by atoms with Crippen molar-refractivity contribution in [1.82, 2.24) is 5.32 Å². The summed E-state index contributed by atoms with van der Waals surface area (Å²) >= 11 is 0. The molecule has 1 atom stereocenters. The smallest absolute Gasteiger partial charge is 0.322 e. The Bertz CT molecular complexity index is 457. The molecule has 0 saturated carbocycles. The van der Waals surface area contributed by atoms with Gasteiger partial charge in [0.2, 0.25) is 0 Å². The number of urea groups is 1.